The largest absolute Gasteiger partial charge is 0.497 e. The summed E-state index contributed by atoms with van der Waals surface area (Å²) < 4.78 is 6.73. The Morgan fingerprint density at radius 3 is 2.55 bits per heavy atom. The van der Waals surface area contributed by atoms with Crippen molar-refractivity contribution in [3.8, 4) is 17.0 Å². The summed E-state index contributed by atoms with van der Waals surface area (Å²) in [6.07, 6.45) is 0. The molecule has 4 nitrogen and oxygen atoms in total. The number of fused-ring (bicyclic) bond motifs is 1. The minimum Gasteiger partial charge on any atom is -0.497 e. The van der Waals surface area contributed by atoms with E-state index in [4.69, 9.17) is 4.74 Å². The Morgan fingerprint density at radius 2 is 1.85 bits per heavy atom. The fourth-order valence-electron chi connectivity index (χ4n) is 2.22. The van der Waals surface area contributed by atoms with Crippen molar-refractivity contribution in [2.45, 2.75) is 6.92 Å². The van der Waals surface area contributed by atoms with Crippen LogP contribution in [0.25, 0.3) is 16.9 Å². The van der Waals surface area contributed by atoms with Crippen molar-refractivity contribution >= 4 is 5.65 Å². The fourth-order valence-corrected chi connectivity index (χ4v) is 2.22. The molecule has 20 heavy (non-hydrogen) atoms. The van der Waals surface area contributed by atoms with E-state index >= 15 is 0 Å². The number of benzene rings is 1. The zero-order valence-corrected chi connectivity index (χ0v) is 11.3. The van der Waals surface area contributed by atoms with Gasteiger partial charge >= 0.3 is 0 Å². The van der Waals surface area contributed by atoms with Gasteiger partial charge in [0.05, 0.1) is 12.8 Å². The molecule has 0 amide bonds. The summed E-state index contributed by atoms with van der Waals surface area (Å²) in [6.45, 7) is 1.89. The predicted octanol–water partition coefficient (Wildman–Crippen LogP) is 2.68. The van der Waals surface area contributed by atoms with Gasteiger partial charge in [0.25, 0.3) is 5.56 Å². The van der Waals surface area contributed by atoms with Crippen LogP contribution in [0, 0.1) is 6.92 Å². The van der Waals surface area contributed by atoms with Crippen LogP contribution in [0.4, 0.5) is 0 Å². The summed E-state index contributed by atoms with van der Waals surface area (Å²) >= 11 is 0. The molecular formula is C16H14N2O2. The molecule has 4 heteroatoms. The third kappa shape index (κ3) is 2.05. The second kappa shape index (κ2) is 4.81. The molecule has 0 saturated heterocycles. The van der Waals surface area contributed by atoms with Gasteiger partial charge in [-0.05, 0) is 43.3 Å². The zero-order valence-electron chi connectivity index (χ0n) is 11.3. The first-order valence-corrected chi connectivity index (χ1v) is 6.33. The van der Waals surface area contributed by atoms with E-state index in [1.807, 2.05) is 49.4 Å². The maximum atomic E-state index is 12.2. The van der Waals surface area contributed by atoms with Crippen molar-refractivity contribution in [3.63, 3.8) is 0 Å². The van der Waals surface area contributed by atoms with Gasteiger partial charge in [-0.25, -0.2) is 4.98 Å². The number of ether oxygens (including phenoxy) is 1. The molecule has 2 heterocycles. The van der Waals surface area contributed by atoms with Crippen LogP contribution >= 0.6 is 0 Å². The van der Waals surface area contributed by atoms with Gasteiger partial charge in [0.2, 0.25) is 0 Å². The standard InChI is InChI=1S/C16H14N2O2/c1-11-4-3-5-15-17-14(10-16(19)18(11)15)12-6-8-13(20-2)9-7-12/h3-10H,1-2H3. The van der Waals surface area contributed by atoms with Gasteiger partial charge in [-0.15, -0.1) is 0 Å². The normalized spacial score (nSPS) is 10.7. The van der Waals surface area contributed by atoms with Crippen LogP contribution in [0.1, 0.15) is 5.69 Å². The lowest BCUT2D eigenvalue weighted by Gasteiger charge is -2.07. The molecule has 0 saturated carbocycles. The summed E-state index contributed by atoms with van der Waals surface area (Å²) in [5, 5.41) is 0. The Hall–Kier alpha value is -2.62. The lowest BCUT2D eigenvalue weighted by molar-refractivity contribution is 0.415. The van der Waals surface area contributed by atoms with Gasteiger partial charge in [0.1, 0.15) is 11.4 Å². The minimum absolute atomic E-state index is 0.0704. The molecular weight excluding hydrogens is 252 g/mol. The third-order valence-electron chi connectivity index (χ3n) is 3.27. The van der Waals surface area contributed by atoms with Crippen LogP contribution in [-0.2, 0) is 0 Å². The second-order valence-corrected chi connectivity index (χ2v) is 4.57. The Balaban J connectivity index is 2.19. The molecule has 0 fully saturated rings. The summed E-state index contributed by atoms with van der Waals surface area (Å²) in [4.78, 5) is 16.8. The van der Waals surface area contributed by atoms with Gasteiger partial charge in [-0.2, -0.15) is 0 Å². The van der Waals surface area contributed by atoms with Crippen LogP contribution in [0.2, 0.25) is 0 Å². The Bertz CT molecular complexity index is 820. The van der Waals surface area contributed by atoms with Crippen LogP contribution in [-0.4, -0.2) is 16.5 Å². The average molecular weight is 266 g/mol. The number of aryl methyl sites for hydroxylation is 1. The molecule has 0 atom stereocenters. The van der Waals surface area contributed by atoms with Crippen molar-refractivity contribution in [1.82, 2.24) is 9.38 Å². The van der Waals surface area contributed by atoms with E-state index in [0.717, 1.165) is 17.0 Å². The second-order valence-electron chi connectivity index (χ2n) is 4.57. The monoisotopic (exact) mass is 266 g/mol. The molecule has 0 radical (unpaired) electrons. The zero-order chi connectivity index (χ0) is 14.1. The van der Waals surface area contributed by atoms with E-state index < -0.39 is 0 Å². The number of aromatic nitrogens is 2. The van der Waals surface area contributed by atoms with E-state index in [2.05, 4.69) is 4.98 Å². The molecule has 0 aliphatic heterocycles. The summed E-state index contributed by atoms with van der Waals surface area (Å²) in [5.41, 5.74) is 3.03. The molecule has 3 rings (SSSR count). The maximum Gasteiger partial charge on any atom is 0.258 e. The molecule has 2 aromatic heterocycles. The Kier molecular flexibility index (Phi) is 2.99. The lowest BCUT2D eigenvalue weighted by Crippen LogP contribution is -2.16. The van der Waals surface area contributed by atoms with Gasteiger partial charge in [-0.1, -0.05) is 6.07 Å². The highest BCUT2D eigenvalue weighted by Crippen LogP contribution is 2.20. The minimum atomic E-state index is -0.0704. The van der Waals surface area contributed by atoms with Crippen molar-refractivity contribution < 1.29 is 4.74 Å². The average Bonchev–Trinajstić information content (AvgIpc) is 2.47. The molecule has 100 valence electrons. The molecule has 0 N–H and O–H groups in total. The Morgan fingerprint density at radius 1 is 1.10 bits per heavy atom. The van der Waals surface area contributed by atoms with Gasteiger partial charge in [0.15, 0.2) is 0 Å². The van der Waals surface area contributed by atoms with E-state index in [0.29, 0.717) is 11.3 Å². The van der Waals surface area contributed by atoms with E-state index in [9.17, 15) is 4.79 Å². The van der Waals surface area contributed by atoms with E-state index in [-0.39, 0.29) is 5.56 Å². The number of nitrogens with zero attached hydrogens (tertiary/aromatic N) is 2. The number of rotatable bonds is 2. The SMILES string of the molecule is COc1ccc(-c2cc(=O)n3c(C)cccc3n2)cc1. The highest BCUT2D eigenvalue weighted by molar-refractivity contribution is 5.62. The third-order valence-corrected chi connectivity index (χ3v) is 3.27. The number of hydrogen-bond acceptors (Lipinski definition) is 3. The van der Waals surface area contributed by atoms with E-state index in [1.54, 1.807) is 17.6 Å². The number of hydrogen-bond donors (Lipinski definition) is 0. The van der Waals surface area contributed by atoms with Crippen molar-refractivity contribution in [1.29, 1.82) is 0 Å². The van der Waals surface area contributed by atoms with Crippen LogP contribution in [0.15, 0.2) is 53.3 Å². The highest BCUT2D eigenvalue weighted by Gasteiger charge is 2.06. The first-order chi connectivity index (χ1) is 9.69. The predicted molar refractivity (Wildman–Crippen MR) is 78.2 cm³/mol. The number of pyridine rings is 1. The van der Waals surface area contributed by atoms with Gasteiger partial charge < -0.3 is 4.74 Å². The molecule has 3 aromatic rings. The first-order valence-electron chi connectivity index (χ1n) is 6.33. The summed E-state index contributed by atoms with van der Waals surface area (Å²) in [7, 11) is 1.62. The van der Waals surface area contributed by atoms with Crippen molar-refractivity contribution in [3.05, 3.63) is 64.6 Å². The smallest absolute Gasteiger partial charge is 0.258 e. The Labute approximate surface area is 116 Å². The topological polar surface area (TPSA) is 43.6 Å². The van der Waals surface area contributed by atoms with Gasteiger partial charge in [0, 0.05) is 17.3 Å². The lowest BCUT2D eigenvalue weighted by atomic mass is 10.1. The quantitative estimate of drug-likeness (QED) is 0.716. The van der Waals surface area contributed by atoms with Crippen molar-refractivity contribution in [2.75, 3.05) is 7.11 Å². The van der Waals surface area contributed by atoms with Crippen LogP contribution in [0.5, 0.6) is 5.75 Å². The van der Waals surface area contributed by atoms with Gasteiger partial charge in [-0.3, -0.25) is 9.20 Å². The maximum absolute atomic E-state index is 12.2. The summed E-state index contributed by atoms with van der Waals surface area (Å²) in [5.74, 6) is 0.780. The summed E-state index contributed by atoms with van der Waals surface area (Å²) in [6, 6.07) is 14.7. The molecule has 0 aliphatic rings. The highest BCUT2D eigenvalue weighted by atomic mass is 16.5. The van der Waals surface area contributed by atoms with E-state index in [1.165, 1.54) is 0 Å². The van der Waals surface area contributed by atoms with Crippen LogP contribution < -0.4 is 10.3 Å². The molecule has 0 aliphatic carbocycles. The number of methoxy groups -OCH3 is 1. The molecule has 0 spiro atoms. The molecule has 0 bridgehead atoms. The van der Waals surface area contributed by atoms with Crippen LogP contribution in [0.3, 0.4) is 0 Å². The molecule has 1 aromatic carbocycles. The molecule has 0 unspecified atom stereocenters. The fraction of sp³-hybridized carbons (Fsp3) is 0.125. The van der Waals surface area contributed by atoms with Crippen molar-refractivity contribution in [2.24, 2.45) is 0 Å². The first kappa shape index (κ1) is 12.4.